The van der Waals surface area contributed by atoms with Crippen molar-refractivity contribution in [3.05, 3.63) is 41.2 Å². The molecule has 0 aliphatic rings. The summed E-state index contributed by atoms with van der Waals surface area (Å²) in [6, 6.07) is 4.74. The van der Waals surface area contributed by atoms with Crippen LogP contribution in [0.5, 0.6) is 0 Å². The van der Waals surface area contributed by atoms with Gasteiger partial charge in [-0.1, -0.05) is 19.1 Å². The molecule has 0 aromatic heterocycles. The zero-order valence-corrected chi connectivity index (χ0v) is 11.8. The van der Waals surface area contributed by atoms with Gasteiger partial charge in [-0.2, -0.15) is 0 Å². The molecule has 4 nitrogen and oxygen atoms in total. The lowest BCUT2D eigenvalue weighted by Crippen LogP contribution is -2.27. The van der Waals surface area contributed by atoms with Crippen LogP contribution in [-0.2, 0) is 16.1 Å². The quantitative estimate of drug-likeness (QED) is 0.743. The van der Waals surface area contributed by atoms with Gasteiger partial charge in [0.05, 0.1) is 6.61 Å². The Morgan fingerprint density at radius 2 is 2.25 bits per heavy atom. The number of likely N-dealkylation sites (N-methyl/N-ethyl adjacent to an activating group) is 1. The standard InChI is InChI=1S/C15H20FNO3/c1-3-17(8-9-20-2)11-13-6-4-12(10-14(13)16)5-7-15(18)19/h4-7,10H,3,8-9,11H2,1-2H3,(H,18,19). The van der Waals surface area contributed by atoms with Crippen molar-refractivity contribution in [2.24, 2.45) is 0 Å². The maximum Gasteiger partial charge on any atom is 0.328 e. The Balaban J connectivity index is 2.74. The molecule has 0 amide bonds. The topological polar surface area (TPSA) is 49.8 Å². The van der Waals surface area contributed by atoms with Crippen LogP contribution in [0.25, 0.3) is 6.08 Å². The average Bonchev–Trinajstić information content (AvgIpc) is 2.43. The van der Waals surface area contributed by atoms with E-state index in [-0.39, 0.29) is 5.82 Å². The summed E-state index contributed by atoms with van der Waals surface area (Å²) >= 11 is 0. The Morgan fingerprint density at radius 1 is 1.50 bits per heavy atom. The summed E-state index contributed by atoms with van der Waals surface area (Å²) in [6.07, 6.45) is 2.36. The van der Waals surface area contributed by atoms with Gasteiger partial charge in [-0.3, -0.25) is 4.90 Å². The molecule has 0 aliphatic carbocycles. The second-order valence-corrected chi connectivity index (χ2v) is 4.38. The van der Waals surface area contributed by atoms with Crippen molar-refractivity contribution in [3.63, 3.8) is 0 Å². The third kappa shape index (κ3) is 5.50. The van der Waals surface area contributed by atoms with E-state index in [1.54, 1.807) is 19.2 Å². The summed E-state index contributed by atoms with van der Waals surface area (Å²) in [7, 11) is 1.64. The number of ether oxygens (including phenoxy) is 1. The van der Waals surface area contributed by atoms with Crippen LogP contribution < -0.4 is 0 Å². The fourth-order valence-corrected chi connectivity index (χ4v) is 1.77. The summed E-state index contributed by atoms with van der Waals surface area (Å²) < 4.78 is 19.0. The van der Waals surface area contributed by atoms with E-state index in [2.05, 4.69) is 4.90 Å². The third-order valence-electron chi connectivity index (χ3n) is 2.95. The van der Waals surface area contributed by atoms with Gasteiger partial charge < -0.3 is 9.84 Å². The van der Waals surface area contributed by atoms with Crippen molar-refractivity contribution in [2.45, 2.75) is 13.5 Å². The molecule has 1 aromatic carbocycles. The third-order valence-corrected chi connectivity index (χ3v) is 2.95. The van der Waals surface area contributed by atoms with Crippen molar-refractivity contribution >= 4 is 12.0 Å². The van der Waals surface area contributed by atoms with Crippen LogP contribution in [-0.4, -0.2) is 42.8 Å². The SMILES string of the molecule is CCN(CCOC)Cc1ccc(C=CC(=O)O)cc1F. The fraction of sp³-hybridized carbons (Fsp3) is 0.400. The Bertz CT molecular complexity index is 474. The fourth-order valence-electron chi connectivity index (χ4n) is 1.77. The molecule has 110 valence electrons. The molecule has 0 fully saturated rings. The van der Waals surface area contributed by atoms with Gasteiger partial charge >= 0.3 is 5.97 Å². The van der Waals surface area contributed by atoms with Crippen LogP contribution in [0, 0.1) is 5.82 Å². The molecular formula is C15H20FNO3. The highest BCUT2D eigenvalue weighted by Gasteiger charge is 2.08. The number of hydrogen-bond acceptors (Lipinski definition) is 3. The molecule has 0 spiro atoms. The van der Waals surface area contributed by atoms with Crippen molar-refractivity contribution < 1.29 is 19.0 Å². The molecule has 0 unspecified atom stereocenters. The van der Waals surface area contributed by atoms with Gasteiger partial charge in [-0.05, 0) is 24.3 Å². The number of carbonyl (C=O) groups is 1. The number of benzene rings is 1. The minimum Gasteiger partial charge on any atom is -0.478 e. The summed E-state index contributed by atoms with van der Waals surface area (Å²) in [4.78, 5) is 12.5. The number of aliphatic carboxylic acids is 1. The first-order chi connectivity index (χ1) is 9.56. The molecule has 5 heteroatoms. The number of rotatable bonds is 8. The number of nitrogens with zero attached hydrogens (tertiary/aromatic N) is 1. The summed E-state index contributed by atoms with van der Waals surface area (Å²) in [6.45, 7) is 4.68. The molecule has 1 rings (SSSR count). The second-order valence-electron chi connectivity index (χ2n) is 4.38. The van der Waals surface area contributed by atoms with E-state index >= 15 is 0 Å². The molecule has 1 aromatic rings. The first-order valence-electron chi connectivity index (χ1n) is 6.47. The Morgan fingerprint density at radius 3 is 2.80 bits per heavy atom. The van der Waals surface area contributed by atoms with Gasteiger partial charge in [-0.25, -0.2) is 9.18 Å². The molecule has 0 atom stereocenters. The molecular weight excluding hydrogens is 261 g/mol. The lowest BCUT2D eigenvalue weighted by atomic mass is 10.1. The number of halogens is 1. The van der Waals surface area contributed by atoms with E-state index in [9.17, 15) is 9.18 Å². The predicted molar refractivity (Wildman–Crippen MR) is 75.9 cm³/mol. The van der Waals surface area contributed by atoms with Gasteiger partial charge in [0.25, 0.3) is 0 Å². The Labute approximate surface area is 118 Å². The van der Waals surface area contributed by atoms with Crippen LogP contribution in [0.4, 0.5) is 4.39 Å². The summed E-state index contributed by atoms with van der Waals surface area (Å²) in [5.41, 5.74) is 1.13. The highest BCUT2D eigenvalue weighted by atomic mass is 19.1. The monoisotopic (exact) mass is 281 g/mol. The molecule has 0 aliphatic heterocycles. The predicted octanol–water partition coefficient (Wildman–Crippen LogP) is 2.39. The molecule has 0 heterocycles. The van der Waals surface area contributed by atoms with Crippen LogP contribution in [0.15, 0.2) is 24.3 Å². The molecule has 0 bridgehead atoms. The highest BCUT2D eigenvalue weighted by molar-refractivity contribution is 5.85. The van der Waals surface area contributed by atoms with Gasteiger partial charge in [0.1, 0.15) is 5.82 Å². The molecule has 20 heavy (non-hydrogen) atoms. The van der Waals surface area contributed by atoms with Crippen LogP contribution in [0.1, 0.15) is 18.1 Å². The normalized spacial score (nSPS) is 11.4. The lowest BCUT2D eigenvalue weighted by Gasteiger charge is -2.20. The van der Waals surface area contributed by atoms with Gasteiger partial charge in [0.15, 0.2) is 0 Å². The van der Waals surface area contributed by atoms with Gasteiger partial charge in [-0.15, -0.1) is 0 Å². The number of hydrogen-bond donors (Lipinski definition) is 1. The molecule has 0 saturated heterocycles. The Kier molecular flexibility index (Phi) is 6.90. The lowest BCUT2D eigenvalue weighted by molar-refractivity contribution is -0.131. The van der Waals surface area contributed by atoms with E-state index in [1.807, 2.05) is 6.92 Å². The van der Waals surface area contributed by atoms with Crippen molar-refractivity contribution in [2.75, 3.05) is 26.8 Å². The minimum atomic E-state index is -1.05. The summed E-state index contributed by atoms with van der Waals surface area (Å²) in [5.74, 6) is -1.38. The Hall–Kier alpha value is -1.72. The van der Waals surface area contributed by atoms with Crippen molar-refractivity contribution in [1.29, 1.82) is 0 Å². The second kappa shape index (κ2) is 8.45. The zero-order chi connectivity index (χ0) is 15.0. The van der Waals surface area contributed by atoms with Crippen molar-refractivity contribution in [3.8, 4) is 0 Å². The number of carboxylic acid groups (broad SMARTS) is 1. The largest absolute Gasteiger partial charge is 0.478 e. The van der Waals surface area contributed by atoms with Gasteiger partial charge in [0.2, 0.25) is 0 Å². The van der Waals surface area contributed by atoms with Crippen LogP contribution >= 0.6 is 0 Å². The first-order valence-corrected chi connectivity index (χ1v) is 6.47. The van der Waals surface area contributed by atoms with E-state index < -0.39 is 5.97 Å². The van der Waals surface area contributed by atoms with E-state index in [4.69, 9.17) is 9.84 Å². The highest BCUT2D eigenvalue weighted by Crippen LogP contribution is 2.14. The first kappa shape index (κ1) is 16.3. The minimum absolute atomic E-state index is 0.326. The van der Waals surface area contributed by atoms with E-state index in [1.165, 1.54) is 12.1 Å². The smallest absolute Gasteiger partial charge is 0.328 e. The molecule has 0 radical (unpaired) electrons. The molecule has 1 N–H and O–H groups in total. The maximum absolute atomic E-state index is 14.0. The number of methoxy groups -OCH3 is 1. The van der Waals surface area contributed by atoms with Crippen LogP contribution in [0.3, 0.4) is 0 Å². The van der Waals surface area contributed by atoms with Crippen LogP contribution in [0.2, 0.25) is 0 Å². The number of carboxylic acids is 1. The van der Waals surface area contributed by atoms with E-state index in [0.717, 1.165) is 19.2 Å². The van der Waals surface area contributed by atoms with Crippen molar-refractivity contribution in [1.82, 2.24) is 4.90 Å². The maximum atomic E-state index is 14.0. The molecule has 0 saturated carbocycles. The average molecular weight is 281 g/mol. The zero-order valence-electron chi connectivity index (χ0n) is 11.8. The van der Waals surface area contributed by atoms with Gasteiger partial charge in [0, 0.05) is 31.8 Å². The van der Waals surface area contributed by atoms with E-state index in [0.29, 0.717) is 24.3 Å². The summed E-state index contributed by atoms with van der Waals surface area (Å²) in [5, 5.41) is 8.53.